The van der Waals surface area contributed by atoms with Crippen LogP contribution in [0.5, 0.6) is 0 Å². The number of β-amino-alcohol motifs (C(OH)–C–C–N with tert-alkyl or cyclic N) is 1. The highest BCUT2D eigenvalue weighted by Crippen LogP contribution is 2.38. The third kappa shape index (κ3) is 3.42. The number of aliphatic hydroxyl groups is 1. The number of fused-ring (bicyclic) bond motifs is 1. The average Bonchev–Trinajstić information content (AvgIpc) is 2.48. The lowest BCUT2D eigenvalue weighted by molar-refractivity contribution is -0.145. The number of hydrogen-bond acceptors (Lipinski definition) is 3. The predicted octanol–water partition coefficient (Wildman–Crippen LogP) is 2.65. The van der Waals surface area contributed by atoms with Crippen molar-refractivity contribution < 1.29 is 15.0 Å². The lowest BCUT2D eigenvalue weighted by Crippen LogP contribution is -2.54. The number of carboxylic acids is 1. The predicted molar refractivity (Wildman–Crippen MR) is 81.1 cm³/mol. The van der Waals surface area contributed by atoms with Gasteiger partial charge in [0.15, 0.2) is 0 Å². The fraction of sp³-hybridized carbons (Fsp3) is 0.941. The second-order valence-corrected chi connectivity index (χ2v) is 7.56. The van der Waals surface area contributed by atoms with Gasteiger partial charge in [-0.3, -0.25) is 9.69 Å². The number of carbonyl (C=O) groups is 1. The molecule has 1 aliphatic heterocycles. The normalized spacial score (nSPS) is 41.5. The quantitative estimate of drug-likeness (QED) is 0.840. The Bertz CT molecular complexity index is 374. The van der Waals surface area contributed by atoms with Crippen LogP contribution in [0.3, 0.4) is 0 Å². The summed E-state index contributed by atoms with van der Waals surface area (Å²) >= 11 is 0. The van der Waals surface area contributed by atoms with Crippen LogP contribution in [0, 0.1) is 11.8 Å². The topological polar surface area (TPSA) is 60.8 Å². The summed E-state index contributed by atoms with van der Waals surface area (Å²) in [5.74, 6) is -0.0946. The van der Waals surface area contributed by atoms with Gasteiger partial charge in [-0.25, -0.2) is 0 Å². The van der Waals surface area contributed by atoms with Crippen LogP contribution in [0.15, 0.2) is 0 Å². The van der Waals surface area contributed by atoms with E-state index in [1.807, 2.05) is 0 Å². The highest BCUT2D eigenvalue weighted by molar-refractivity contribution is 5.70. The molecule has 21 heavy (non-hydrogen) atoms. The zero-order valence-corrected chi connectivity index (χ0v) is 13.0. The summed E-state index contributed by atoms with van der Waals surface area (Å²) in [6.07, 6.45) is 10.5. The molecule has 120 valence electrons. The van der Waals surface area contributed by atoms with Crippen LogP contribution in [0.2, 0.25) is 0 Å². The van der Waals surface area contributed by atoms with Crippen LogP contribution in [0.25, 0.3) is 0 Å². The molecule has 0 radical (unpaired) electrons. The van der Waals surface area contributed by atoms with E-state index in [9.17, 15) is 9.90 Å². The molecule has 0 aromatic heterocycles. The zero-order valence-electron chi connectivity index (χ0n) is 13.0. The third-order valence-corrected chi connectivity index (χ3v) is 6.12. The minimum Gasteiger partial charge on any atom is -0.481 e. The van der Waals surface area contributed by atoms with Gasteiger partial charge in [0.05, 0.1) is 11.5 Å². The van der Waals surface area contributed by atoms with Crippen LogP contribution < -0.4 is 0 Å². The number of piperidine rings is 1. The first kappa shape index (κ1) is 15.3. The van der Waals surface area contributed by atoms with Gasteiger partial charge >= 0.3 is 5.97 Å². The maximum atomic E-state index is 11.1. The van der Waals surface area contributed by atoms with Gasteiger partial charge in [-0.1, -0.05) is 12.8 Å². The van der Waals surface area contributed by atoms with Gasteiger partial charge in [-0.15, -0.1) is 0 Å². The van der Waals surface area contributed by atoms with Gasteiger partial charge in [0, 0.05) is 12.6 Å². The standard InChI is InChI=1S/C17H29NO3/c19-16(20)14-7-9-17(21,10-8-14)12-18-11-3-5-13-4-1-2-6-15(13)18/h13-15,21H,1-12H2,(H,19,20). The van der Waals surface area contributed by atoms with E-state index in [2.05, 4.69) is 4.90 Å². The van der Waals surface area contributed by atoms with Crippen molar-refractivity contribution in [3.05, 3.63) is 0 Å². The minimum absolute atomic E-state index is 0.242. The number of aliphatic carboxylic acids is 1. The highest BCUT2D eigenvalue weighted by atomic mass is 16.4. The molecule has 3 fully saturated rings. The van der Waals surface area contributed by atoms with E-state index in [1.54, 1.807) is 0 Å². The molecule has 2 atom stereocenters. The van der Waals surface area contributed by atoms with E-state index in [0.29, 0.717) is 31.7 Å². The SMILES string of the molecule is O=C(O)C1CCC(O)(CN2CCCC3CCCCC32)CC1. The summed E-state index contributed by atoms with van der Waals surface area (Å²) in [6, 6.07) is 0.675. The van der Waals surface area contributed by atoms with Crippen molar-refractivity contribution in [3.8, 4) is 0 Å². The fourth-order valence-electron chi connectivity index (χ4n) is 4.86. The molecule has 0 spiro atoms. The molecule has 1 saturated heterocycles. The monoisotopic (exact) mass is 295 g/mol. The number of nitrogens with zero attached hydrogens (tertiary/aromatic N) is 1. The van der Waals surface area contributed by atoms with Gasteiger partial charge in [-0.2, -0.15) is 0 Å². The Morgan fingerprint density at radius 1 is 1.05 bits per heavy atom. The Balaban J connectivity index is 1.59. The summed E-state index contributed by atoms with van der Waals surface area (Å²) < 4.78 is 0. The molecule has 0 bridgehead atoms. The Hall–Kier alpha value is -0.610. The van der Waals surface area contributed by atoms with Crippen molar-refractivity contribution in [2.24, 2.45) is 11.8 Å². The third-order valence-electron chi connectivity index (χ3n) is 6.12. The van der Waals surface area contributed by atoms with Crippen molar-refractivity contribution in [1.29, 1.82) is 0 Å². The number of carboxylic acid groups (broad SMARTS) is 1. The van der Waals surface area contributed by atoms with Crippen molar-refractivity contribution in [2.75, 3.05) is 13.1 Å². The largest absolute Gasteiger partial charge is 0.481 e. The maximum Gasteiger partial charge on any atom is 0.306 e. The molecule has 2 unspecified atom stereocenters. The van der Waals surface area contributed by atoms with Crippen LogP contribution in [-0.4, -0.2) is 45.8 Å². The number of likely N-dealkylation sites (tertiary alicyclic amines) is 1. The Kier molecular flexibility index (Phi) is 4.55. The minimum atomic E-state index is -0.692. The molecule has 2 N–H and O–H groups in total. The molecule has 1 heterocycles. The van der Waals surface area contributed by atoms with E-state index in [1.165, 1.54) is 38.5 Å². The van der Waals surface area contributed by atoms with E-state index in [4.69, 9.17) is 5.11 Å². The highest BCUT2D eigenvalue weighted by Gasteiger charge is 2.41. The summed E-state index contributed by atoms with van der Waals surface area (Å²) in [5.41, 5.74) is -0.648. The van der Waals surface area contributed by atoms with Crippen molar-refractivity contribution in [2.45, 2.75) is 75.9 Å². The molecule has 3 rings (SSSR count). The first-order valence-electron chi connectivity index (χ1n) is 8.77. The van der Waals surface area contributed by atoms with Crippen LogP contribution in [0.1, 0.15) is 64.2 Å². The smallest absolute Gasteiger partial charge is 0.306 e. The lowest BCUT2D eigenvalue weighted by atomic mass is 9.75. The molecule has 0 aromatic rings. The van der Waals surface area contributed by atoms with E-state index in [0.717, 1.165) is 19.0 Å². The van der Waals surface area contributed by atoms with E-state index < -0.39 is 11.6 Å². The van der Waals surface area contributed by atoms with Gasteiger partial charge in [0.2, 0.25) is 0 Å². The molecule has 0 amide bonds. The second-order valence-electron chi connectivity index (χ2n) is 7.56. The molecule has 4 heteroatoms. The van der Waals surface area contributed by atoms with Crippen molar-refractivity contribution >= 4 is 5.97 Å². The van der Waals surface area contributed by atoms with Crippen LogP contribution >= 0.6 is 0 Å². The summed E-state index contributed by atoms with van der Waals surface area (Å²) in [7, 11) is 0. The van der Waals surface area contributed by atoms with Crippen LogP contribution in [0.4, 0.5) is 0 Å². The van der Waals surface area contributed by atoms with Crippen LogP contribution in [-0.2, 0) is 4.79 Å². The second kappa shape index (κ2) is 6.25. The fourth-order valence-corrected chi connectivity index (χ4v) is 4.86. The summed E-state index contributed by atoms with van der Waals surface area (Å²) in [4.78, 5) is 13.6. The van der Waals surface area contributed by atoms with Gasteiger partial charge in [-0.05, 0) is 63.8 Å². The van der Waals surface area contributed by atoms with Crippen molar-refractivity contribution in [3.63, 3.8) is 0 Å². The molecule has 3 aliphatic rings. The maximum absolute atomic E-state index is 11.1. The first-order valence-corrected chi connectivity index (χ1v) is 8.77. The Morgan fingerprint density at radius 2 is 1.71 bits per heavy atom. The lowest BCUT2D eigenvalue weighted by Gasteiger charge is -2.48. The number of rotatable bonds is 3. The molecule has 4 nitrogen and oxygen atoms in total. The molecule has 2 saturated carbocycles. The zero-order chi connectivity index (χ0) is 14.9. The van der Waals surface area contributed by atoms with E-state index in [-0.39, 0.29) is 5.92 Å². The molecule has 2 aliphatic carbocycles. The van der Waals surface area contributed by atoms with Crippen molar-refractivity contribution in [1.82, 2.24) is 4.90 Å². The Morgan fingerprint density at radius 3 is 2.43 bits per heavy atom. The van der Waals surface area contributed by atoms with E-state index >= 15 is 0 Å². The average molecular weight is 295 g/mol. The summed E-state index contributed by atoms with van der Waals surface area (Å²) in [5, 5.41) is 20.0. The Labute approximate surface area is 127 Å². The summed E-state index contributed by atoms with van der Waals surface area (Å²) in [6.45, 7) is 1.88. The first-order chi connectivity index (χ1) is 10.1. The molecule has 0 aromatic carbocycles. The van der Waals surface area contributed by atoms with Gasteiger partial charge in [0.1, 0.15) is 0 Å². The molecular weight excluding hydrogens is 266 g/mol. The number of hydrogen-bond donors (Lipinski definition) is 2. The van der Waals surface area contributed by atoms with Gasteiger partial charge < -0.3 is 10.2 Å². The molecular formula is C17H29NO3. The van der Waals surface area contributed by atoms with Gasteiger partial charge in [0.25, 0.3) is 0 Å².